The minimum Gasteiger partial charge on any atom is -0.349 e. The van der Waals surface area contributed by atoms with E-state index in [1.54, 1.807) is 0 Å². The molecule has 2 aliphatic heterocycles. The third kappa shape index (κ3) is 12.9. The maximum absolute atomic E-state index is 13.0. The number of ketones is 1. The highest BCUT2D eigenvalue weighted by atomic mass is 16.7. The molecule has 35 heavy (non-hydrogen) atoms. The Labute approximate surface area is 217 Å². The van der Waals surface area contributed by atoms with Crippen LogP contribution in [0.5, 0.6) is 0 Å². The number of Topliss-reactive ketones (excluding diaryl/α,β-unsaturated/α-hetero) is 1. The monoisotopic (exact) mass is 491 g/mol. The molecule has 0 aromatic rings. The number of piperidine rings is 1. The largest absolute Gasteiger partial charge is 0.349 e. The Kier molecular flexibility index (Phi) is 16.1. The molecule has 4 nitrogen and oxygen atoms in total. The number of rotatable bonds is 19. The number of ether oxygens (including phenoxy) is 2. The molecule has 0 aliphatic carbocycles. The molecule has 0 spiro atoms. The lowest BCUT2D eigenvalue weighted by molar-refractivity contribution is -0.171. The third-order valence-electron chi connectivity index (χ3n) is 7.85. The Morgan fingerprint density at radius 1 is 0.886 bits per heavy atom. The summed E-state index contributed by atoms with van der Waals surface area (Å²) in [6, 6.07) is 0. The molecule has 0 amide bonds. The summed E-state index contributed by atoms with van der Waals surface area (Å²) in [5, 5.41) is 0. The van der Waals surface area contributed by atoms with E-state index in [4.69, 9.17) is 9.47 Å². The number of hydrogen-bond acceptors (Lipinski definition) is 4. The van der Waals surface area contributed by atoms with Gasteiger partial charge in [0, 0.05) is 12.1 Å². The van der Waals surface area contributed by atoms with Crippen molar-refractivity contribution in [2.24, 2.45) is 11.8 Å². The van der Waals surface area contributed by atoms with Gasteiger partial charge in [0.25, 0.3) is 0 Å². The van der Waals surface area contributed by atoms with E-state index in [1.807, 2.05) is 6.08 Å². The van der Waals surface area contributed by atoms with Gasteiger partial charge < -0.3 is 9.47 Å². The molecule has 0 aromatic heterocycles. The summed E-state index contributed by atoms with van der Waals surface area (Å²) in [7, 11) is 0. The summed E-state index contributed by atoms with van der Waals surface area (Å²) >= 11 is 0. The average molecular weight is 492 g/mol. The highest BCUT2D eigenvalue weighted by Crippen LogP contribution is 2.25. The van der Waals surface area contributed by atoms with Gasteiger partial charge in [0.1, 0.15) is 6.10 Å². The average Bonchev–Trinajstić information content (AvgIpc) is 2.84. The predicted molar refractivity (Wildman–Crippen MR) is 148 cm³/mol. The van der Waals surface area contributed by atoms with Crippen molar-refractivity contribution >= 4 is 5.78 Å². The topological polar surface area (TPSA) is 38.8 Å². The van der Waals surface area contributed by atoms with Gasteiger partial charge in [-0.05, 0) is 50.3 Å². The van der Waals surface area contributed by atoms with Crippen LogP contribution in [-0.4, -0.2) is 49.3 Å². The van der Waals surface area contributed by atoms with E-state index >= 15 is 0 Å². The third-order valence-corrected chi connectivity index (χ3v) is 7.85. The Balaban J connectivity index is 1.55. The second-order valence-corrected chi connectivity index (χ2v) is 11.7. The highest BCUT2D eigenvalue weighted by Gasteiger charge is 2.34. The summed E-state index contributed by atoms with van der Waals surface area (Å²) in [5.41, 5.74) is 0.899. The van der Waals surface area contributed by atoms with Gasteiger partial charge in [-0.15, -0.1) is 0 Å². The molecular weight excluding hydrogens is 434 g/mol. The van der Waals surface area contributed by atoms with E-state index in [0.29, 0.717) is 6.61 Å². The van der Waals surface area contributed by atoms with E-state index in [1.165, 1.54) is 96.3 Å². The van der Waals surface area contributed by atoms with Gasteiger partial charge in [0.05, 0.1) is 6.61 Å². The first-order valence-corrected chi connectivity index (χ1v) is 15.3. The fourth-order valence-corrected chi connectivity index (χ4v) is 5.31. The Hall–Kier alpha value is -0.710. The standard InChI is InChI=1S/C31H57NO3/c1-5-6-7-8-9-10-11-12-13-14-15-16-17-18-23-34-29-24-28(30(33)31(35-29)26(2)3)25-32-21-19-27(4)20-22-32/h24,26-27,29,31H,5-23,25H2,1-4H3. The molecule has 4 heteroatoms. The van der Waals surface area contributed by atoms with Gasteiger partial charge in [-0.3, -0.25) is 9.69 Å². The first-order chi connectivity index (χ1) is 17.0. The number of unbranched alkanes of at least 4 members (excludes halogenated alkanes) is 13. The molecule has 2 unspecified atom stereocenters. The SMILES string of the molecule is CCCCCCCCCCCCCCCCOC1C=C(CN2CCC(C)CC2)C(=O)C(C(C)C)O1. The lowest BCUT2D eigenvalue weighted by Crippen LogP contribution is -2.43. The minimum absolute atomic E-state index is 0.162. The van der Waals surface area contributed by atoms with Gasteiger partial charge in [0.2, 0.25) is 0 Å². The van der Waals surface area contributed by atoms with Crippen molar-refractivity contribution in [3.63, 3.8) is 0 Å². The van der Waals surface area contributed by atoms with E-state index in [9.17, 15) is 4.79 Å². The molecule has 2 rings (SSSR count). The van der Waals surface area contributed by atoms with Crippen LogP contribution in [0.4, 0.5) is 0 Å². The van der Waals surface area contributed by atoms with Crippen LogP contribution in [0.2, 0.25) is 0 Å². The van der Waals surface area contributed by atoms with Crippen molar-refractivity contribution in [2.75, 3.05) is 26.2 Å². The van der Waals surface area contributed by atoms with E-state index in [0.717, 1.165) is 37.5 Å². The quantitative estimate of drug-likeness (QED) is 0.171. The Morgan fingerprint density at radius 2 is 1.40 bits per heavy atom. The van der Waals surface area contributed by atoms with Gasteiger partial charge >= 0.3 is 0 Å². The molecule has 2 atom stereocenters. The second-order valence-electron chi connectivity index (χ2n) is 11.7. The van der Waals surface area contributed by atoms with Crippen molar-refractivity contribution in [3.8, 4) is 0 Å². The normalized spacial score (nSPS) is 22.2. The molecule has 0 saturated carbocycles. The number of carbonyl (C=O) groups is 1. The van der Waals surface area contributed by atoms with Crippen LogP contribution in [0.1, 0.15) is 130 Å². The predicted octanol–water partition coefficient (Wildman–Crippen LogP) is 8.09. The van der Waals surface area contributed by atoms with Crippen LogP contribution in [0.3, 0.4) is 0 Å². The maximum atomic E-state index is 13.0. The van der Waals surface area contributed by atoms with E-state index in [-0.39, 0.29) is 24.1 Å². The van der Waals surface area contributed by atoms with Crippen molar-refractivity contribution in [1.29, 1.82) is 0 Å². The number of nitrogens with zero attached hydrogens (tertiary/aromatic N) is 1. The first kappa shape index (κ1) is 30.5. The zero-order chi connectivity index (χ0) is 25.3. The first-order valence-electron chi connectivity index (χ1n) is 15.3. The maximum Gasteiger partial charge on any atom is 0.189 e. The highest BCUT2D eigenvalue weighted by molar-refractivity contribution is 6.00. The number of hydrogen-bond donors (Lipinski definition) is 0. The lowest BCUT2D eigenvalue weighted by atomic mass is 9.93. The summed E-state index contributed by atoms with van der Waals surface area (Å²) < 4.78 is 12.1. The van der Waals surface area contributed by atoms with Crippen LogP contribution >= 0.6 is 0 Å². The van der Waals surface area contributed by atoms with Crippen molar-refractivity contribution in [3.05, 3.63) is 11.6 Å². The molecule has 204 valence electrons. The molecular formula is C31H57NO3. The second kappa shape index (κ2) is 18.5. The van der Waals surface area contributed by atoms with Gasteiger partial charge in [-0.25, -0.2) is 0 Å². The zero-order valence-electron chi connectivity index (χ0n) is 23.7. The van der Waals surface area contributed by atoms with Crippen LogP contribution in [0.25, 0.3) is 0 Å². The van der Waals surface area contributed by atoms with Crippen LogP contribution in [0.15, 0.2) is 11.6 Å². The molecule has 0 N–H and O–H groups in total. The number of likely N-dealkylation sites (tertiary alicyclic amines) is 1. The molecule has 0 bridgehead atoms. The molecule has 0 aromatic carbocycles. The van der Waals surface area contributed by atoms with Crippen LogP contribution in [0, 0.1) is 11.8 Å². The summed E-state index contributed by atoms with van der Waals surface area (Å²) in [4.78, 5) is 15.4. The van der Waals surface area contributed by atoms with Crippen LogP contribution in [-0.2, 0) is 14.3 Å². The van der Waals surface area contributed by atoms with E-state index < -0.39 is 0 Å². The summed E-state index contributed by atoms with van der Waals surface area (Å²) in [6.07, 6.45) is 22.7. The number of carbonyl (C=O) groups excluding carboxylic acids is 1. The molecule has 0 radical (unpaired) electrons. The molecule has 1 fully saturated rings. The molecule has 2 aliphatic rings. The fourth-order valence-electron chi connectivity index (χ4n) is 5.31. The smallest absolute Gasteiger partial charge is 0.189 e. The zero-order valence-corrected chi connectivity index (χ0v) is 23.7. The van der Waals surface area contributed by atoms with E-state index in [2.05, 4.69) is 32.6 Å². The lowest BCUT2D eigenvalue weighted by Gasteiger charge is -2.34. The Bertz CT molecular complexity index is 580. The van der Waals surface area contributed by atoms with Gasteiger partial charge in [0.15, 0.2) is 12.1 Å². The summed E-state index contributed by atoms with van der Waals surface area (Å²) in [6.45, 7) is 12.4. The Morgan fingerprint density at radius 3 is 1.91 bits per heavy atom. The van der Waals surface area contributed by atoms with Crippen molar-refractivity contribution in [1.82, 2.24) is 4.90 Å². The van der Waals surface area contributed by atoms with Gasteiger partial charge in [-0.2, -0.15) is 0 Å². The van der Waals surface area contributed by atoms with Crippen molar-refractivity contribution in [2.45, 2.75) is 143 Å². The van der Waals surface area contributed by atoms with Crippen molar-refractivity contribution < 1.29 is 14.3 Å². The molecule has 2 heterocycles. The van der Waals surface area contributed by atoms with Crippen LogP contribution < -0.4 is 0 Å². The fraction of sp³-hybridized carbons (Fsp3) is 0.903. The molecule has 1 saturated heterocycles. The summed E-state index contributed by atoms with van der Waals surface area (Å²) in [5.74, 6) is 1.13. The van der Waals surface area contributed by atoms with Gasteiger partial charge in [-0.1, -0.05) is 111 Å². The minimum atomic E-state index is -0.375.